The van der Waals surface area contributed by atoms with Crippen molar-refractivity contribution in [3.05, 3.63) is 53.6 Å². The van der Waals surface area contributed by atoms with E-state index < -0.39 is 17.2 Å². The number of hydrogen-bond acceptors (Lipinski definition) is 2. The molecule has 4 nitrogen and oxygen atoms in total. The van der Waals surface area contributed by atoms with Gasteiger partial charge in [0.05, 0.1) is 0 Å². The van der Waals surface area contributed by atoms with E-state index in [1.54, 1.807) is 6.08 Å². The summed E-state index contributed by atoms with van der Waals surface area (Å²) >= 11 is 0. The van der Waals surface area contributed by atoms with Gasteiger partial charge in [0.1, 0.15) is 5.41 Å². The SMILES string of the molecule is NC(=O)C1(C(N)=O)C=CC(c2ccccc2)=C(C2CCCCC2)C1. The molecule has 1 fully saturated rings. The zero-order valence-corrected chi connectivity index (χ0v) is 13.8. The van der Waals surface area contributed by atoms with Gasteiger partial charge < -0.3 is 11.5 Å². The van der Waals surface area contributed by atoms with E-state index in [1.807, 2.05) is 24.3 Å². The topological polar surface area (TPSA) is 86.2 Å². The average Bonchev–Trinajstić information content (AvgIpc) is 2.62. The molecule has 0 heterocycles. The Morgan fingerprint density at radius 3 is 2.17 bits per heavy atom. The molecule has 0 aliphatic heterocycles. The van der Waals surface area contributed by atoms with Gasteiger partial charge in [-0.25, -0.2) is 0 Å². The van der Waals surface area contributed by atoms with Gasteiger partial charge in [-0.1, -0.05) is 67.3 Å². The molecule has 0 aromatic heterocycles. The van der Waals surface area contributed by atoms with Crippen LogP contribution in [0.5, 0.6) is 0 Å². The maximum Gasteiger partial charge on any atom is 0.237 e. The predicted octanol–water partition coefficient (Wildman–Crippen LogP) is 2.94. The highest BCUT2D eigenvalue weighted by Crippen LogP contribution is 2.44. The lowest BCUT2D eigenvalue weighted by molar-refractivity contribution is -0.136. The van der Waals surface area contributed by atoms with Crippen LogP contribution in [-0.4, -0.2) is 11.8 Å². The van der Waals surface area contributed by atoms with Crippen molar-refractivity contribution in [2.75, 3.05) is 0 Å². The van der Waals surface area contributed by atoms with E-state index in [2.05, 4.69) is 12.1 Å². The smallest absolute Gasteiger partial charge is 0.237 e. The van der Waals surface area contributed by atoms with Crippen molar-refractivity contribution >= 4 is 17.4 Å². The Kier molecular flexibility index (Phi) is 4.56. The third kappa shape index (κ3) is 2.88. The van der Waals surface area contributed by atoms with E-state index in [0.29, 0.717) is 12.3 Å². The van der Waals surface area contributed by atoms with Crippen molar-refractivity contribution in [1.82, 2.24) is 0 Å². The number of rotatable bonds is 4. The monoisotopic (exact) mass is 324 g/mol. The number of primary amides is 2. The predicted molar refractivity (Wildman–Crippen MR) is 94.5 cm³/mol. The van der Waals surface area contributed by atoms with E-state index >= 15 is 0 Å². The molecule has 0 bridgehead atoms. The first-order valence-corrected chi connectivity index (χ1v) is 8.62. The van der Waals surface area contributed by atoms with Crippen LogP contribution in [0.3, 0.4) is 0 Å². The first kappa shape index (κ1) is 16.5. The van der Waals surface area contributed by atoms with Crippen LogP contribution in [0.15, 0.2) is 48.1 Å². The van der Waals surface area contributed by atoms with Crippen molar-refractivity contribution in [3.8, 4) is 0 Å². The number of carbonyl (C=O) groups excluding carboxylic acids is 2. The van der Waals surface area contributed by atoms with Crippen molar-refractivity contribution in [1.29, 1.82) is 0 Å². The highest BCUT2D eigenvalue weighted by molar-refractivity contribution is 6.07. The molecule has 2 aliphatic rings. The molecule has 0 saturated heterocycles. The zero-order chi connectivity index (χ0) is 17.2. The molecule has 0 radical (unpaired) electrons. The molecule has 2 amide bonds. The van der Waals surface area contributed by atoms with Gasteiger partial charge in [-0.15, -0.1) is 0 Å². The normalized spacial score (nSPS) is 20.8. The first-order valence-electron chi connectivity index (χ1n) is 8.62. The van der Waals surface area contributed by atoms with Crippen LogP contribution >= 0.6 is 0 Å². The molecule has 4 N–H and O–H groups in total. The molecule has 4 heteroatoms. The lowest BCUT2D eigenvalue weighted by Gasteiger charge is -2.35. The van der Waals surface area contributed by atoms with Gasteiger partial charge in [-0.3, -0.25) is 9.59 Å². The third-order valence-electron chi connectivity index (χ3n) is 5.41. The minimum absolute atomic E-state index is 0.309. The number of amides is 2. The molecule has 0 atom stereocenters. The Hall–Kier alpha value is -2.36. The van der Waals surface area contributed by atoms with Gasteiger partial charge in [0.15, 0.2) is 0 Å². The van der Waals surface area contributed by atoms with Gasteiger partial charge in [-0.2, -0.15) is 0 Å². The summed E-state index contributed by atoms with van der Waals surface area (Å²) in [5.41, 5.74) is 13.1. The van der Waals surface area contributed by atoms with Crippen LogP contribution in [-0.2, 0) is 9.59 Å². The molecular formula is C20H24N2O2. The fourth-order valence-electron chi connectivity index (χ4n) is 3.96. The second-order valence-corrected chi connectivity index (χ2v) is 6.85. The Morgan fingerprint density at radius 1 is 0.958 bits per heavy atom. The molecule has 24 heavy (non-hydrogen) atoms. The fraction of sp³-hybridized carbons (Fsp3) is 0.400. The molecule has 126 valence electrons. The van der Waals surface area contributed by atoms with E-state index in [4.69, 9.17) is 11.5 Å². The number of carbonyl (C=O) groups is 2. The van der Waals surface area contributed by atoms with Crippen molar-refractivity contribution in [3.63, 3.8) is 0 Å². The molecule has 0 spiro atoms. The van der Waals surface area contributed by atoms with Gasteiger partial charge in [0, 0.05) is 0 Å². The summed E-state index contributed by atoms with van der Waals surface area (Å²) in [7, 11) is 0. The first-order chi connectivity index (χ1) is 11.5. The van der Waals surface area contributed by atoms with E-state index in [1.165, 1.54) is 19.3 Å². The maximum atomic E-state index is 12.0. The minimum Gasteiger partial charge on any atom is -0.368 e. The maximum absolute atomic E-state index is 12.0. The number of hydrogen-bond donors (Lipinski definition) is 2. The highest BCUT2D eigenvalue weighted by Gasteiger charge is 2.44. The summed E-state index contributed by atoms with van der Waals surface area (Å²) in [6, 6.07) is 10.1. The summed E-state index contributed by atoms with van der Waals surface area (Å²) in [5.74, 6) is -0.935. The molecular weight excluding hydrogens is 300 g/mol. The molecule has 1 aromatic carbocycles. The summed E-state index contributed by atoms with van der Waals surface area (Å²) in [4.78, 5) is 24.1. The highest BCUT2D eigenvalue weighted by atomic mass is 16.2. The number of allylic oxidation sites excluding steroid dienone is 3. The molecule has 1 saturated carbocycles. The Morgan fingerprint density at radius 2 is 1.58 bits per heavy atom. The van der Waals surface area contributed by atoms with Gasteiger partial charge in [0.2, 0.25) is 11.8 Å². The summed E-state index contributed by atoms with van der Waals surface area (Å²) in [6.45, 7) is 0. The zero-order valence-electron chi connectivity index (χ0n) is 13.8. The summed E-state index contributed by atoms with van der Waals surface area (Å²) < 4.78 is 0. The molecule has 1 aromatic rings. The van der Waals surface area contributed by atoms with E-state index in [-0.39, 0.29) is 0 Å². The lowest BCUT2D eigenvalue weighted by atomic mass is 9.68. The van der Waals surface area contributed by atoms with Gasteiger partial charge >= 0.3 is 0 Å². The number of nitrogens with two attached hydrogens (primary N) is 2. The van der Waals surface area contributed by atoms with Crippen LogP contribution < -0.4 is 11.5 Å². The Bertz CT molecular complexity index is 684. The van der Waals surface area contributed by atoms with Gasteiger partial charge in [-0.05, 0) is 36.3 Å². The Labute approximate surface area is 142 Å². The largest absolute Gasteiger partial charge is 0.368 e. The lowest BCUT2D eigenvalue weighted by Crippen LogP contribution is -2.48. The Balaban J connectivity index is 2.08. The van der Waals surface area contributed by atoms with Crippen LogP contribution in [0.1, 0.15) is 44.1 Å². The third-order valence-corrected chi connectivity index (χ3v) is 5.41. The van der Waals surface area contributed by atoms with Crippen LogP contribution in [0, 0.1) is 11.3 Å². The van der Waals surface area contributed by atoms with E-state index in [9.17, 15) is 9.59 Å². The van der Waals surface area contributed by atoms with Crippen molar-refractivity contribution in [2.45, 2.75) is 38.5 Å². The average molecular weight is 324 g/mol. The van der Waals surface area contributed by atoms with E-state index in [0.717, 1.165) is 29.6 Å². The second kappa shape index (κ2) is 6.63. The van der Waals surface area contributed by atoms with Crippen molar-refractivity contribution < 1.29 is 9.59 Å². The van der Waals surface area contributed by atoms with Crippen LogP contribution in [0.2, 0.25) is 0 Å². The quantitative estimate of drug-likeness (QED) is 0.834. The van der Waals surface area contributed by atoms with Crippen molar-refractivity contribution in [2.24, 2.45) is 22.8 Å². The summed E-state index contributed by atoms with van der Waals surface area (Å²) in [6.07, 6.45) is 9.57. The number of benzene rings is 1. The molecule has 0 unspecified atom stereocenters. The summed E-state index contributed by atoms with van der Waals surface area (Å²) in [5, 5.41) is 0. The molecule has 2 aliphatic carbocycles. The van der Waals surface area contributed by atoms with Crippen LogP contribution in [0.25, 0.3) is 5.57 Å². The molecule has 3 rings (SSSR count). The van der Waals surface area contributed by atoms with Gasteiger partial charge in [0.25, 0.3) is 0 Å². The van der Waals surface area contributed by atoms with Crippen LogP contribution in [0.4, 0.5) is 0 Å². The fourth-order valence-corrected chi connectivity index (χ4v) is 3.96. The second-order valence-electron chi connectivity index (χ2n) is 6.85. The standard InChI is InChI=1S/C20H24N2O2/c21-18(23)20(19(22)24)12-11-16(14-7-3-1-4-8-14)17(13-20)15-9-5-2-6-10-15/h1,3-4,7-8,11-12,15H,2,5-6,9-10,13H2,(H2,21,23)(H2,22,24). The minimum atomic E-state index is -1.40.